The van der Waals surface area contributed by atoms with Crippen molar-refractivity contribution in [3.05, 3.63) is 57.8 Å². The Morgan fingerprint density at radius 2 is 2.05 bits per heavy atom. The van der Waals surface area contributed by atoms with Gasteiger partial charge in [-0.25, -0.2) is 4.79 Å². The maximum Gasteiger partial charge on any atom is 0.336 e. The first-order valence-corrected chi connectivity index (χ1v) is 7.26. The van der Waals surface area contributed by atoms with Gasteiger partial charge in [0, 0.05) is 22.8 Å². The predicted octanol–water partition coefficient (Wildman–Crippen LogP) is 2.14. The van der Waals surface area contributed by atoms with Crippen LogP contribution in [-0.4, -0.2) is 28.8 Å². The quantitative estimate of drug-likeness (QED) is 0.731. The Bertz CT molecular complexity index is 553. The first-order valence-electron chi connectivity index (χ1n) is 6.38. The first-order chi connectivity index (χ1) is 9.69. The Morgan fingerprint density at radius 1 is 1.30 bits per heavy atom. The number of rotatable bonds is 7. The third kappa shape index (κ3) is 4.16. The number of hydrogen-bond acceptors (Lipinski definition) is 4. The maximum atomic E-state index is 10.8. The van der Waals surface area contributed by atoms with Crippen LogP contribution in [0.5, 0.6) is 0 Å². The average Bonchev–Trinajstić information content (AvgIpc) is 2.93. The van der Waals surface area contributed by atoms with Crippen molar-refractivity contribution in [3.8, 4) is 0 Å². The molecule has 0 aliphatic carbocycles. The fourth-order valence-electron chi connectivity index (χ4n) is 1.93. The number of carbonyl (C=O) groups is 1. The predicted molar refractivity (Wildman–Crippen MR) is 79.1 cm³/mol. The number of nitrogens with one attached hydrogen (secondary N) is 1. The maximum absolute atomic E-state index is 10.8. The topological polar surface area (TPSA) is 69.6 Å². The van der Waals surface area contributed by atoms with E-state index >= 15 is 0 Å². The molecule has 1 aromatic heterocycles. The van der Waals surface area contributed by atoms with Gasteiger partial charge in [-0.05, 0) is 18.1 Å². The van der Waals surface area contributed by atoms with Crippen molar-refractivity contribution < 1.29 is 15.0 Å². The summed E-state index contributed by atoms with van der Waals surface area (Å²) in [6.07, 6.45) is 0.745. The molecule has 0 unspecified atom stereocenters. The highest BCUT2D eigenvalue weighted by atomic mass is 32.1. The Morgan fingerprint density at radius 3 is 2.65 bits per heavy atom. The van der Waals surface area contributed by atoms with Gasteiger partial charge in [0.1, 0.15) is 0 Å². The number of carboxylic acids is 1. The lowest BCUT2D eigenvalue weighted by Gasteiger charge is -2.15. The zero-order valence-electron chi connectivity index (χ0n) is 11.0. The molecular weight excluding hydrogens is 274 g/mol. The van der Waals surface area contributed by atoms with Crippen LogP contribution in [0.25, 0.3) is 0 Å². The van der Waals surface area contributed by atoms with Crippen molar-refractivity contribution in [3.63, 3.8) is 0 Å². The SMILES string of the molecule is O=C(O)c1csc(CN[C@@H](CO)Cc2ccccc2)c1. The molecule has 0 amide bonds. The van der Waals surface area contributed by atoms with Gasteiger partial charge < -0.3 is 15.5 Å². The second kappa shape index (κ2) is 7.19. The zero-order chi connectivity index (χ0) is 14.4. The summed E-state index contributed by atoms with van der Waals surface area (Å²) in [5.41, 5.74) is 1.48. The largest absolute Gasteiger partial charge is 0.478 e. The molecule has 2 aromatic rings. The minimum absolute atomic E-state index is 0.0345. The van der Waals surface area contributed by atoms with Crippen molar-refractivity contribution >= 4 is 17.3 Å². The van der Waals surface area contributed by atoms with Crippen LogP contribution in [0.1, 0.15) is 20.8 Å². The molecule has 0 spiro atoms. The number of aromatic carboxylic acids is 1. The second-order valence-corrected chi connectivity index (χ2v) is 5.55. The number of benzene rings is 1. The van der Waals surface area contributed by atoms with E-state index in [4.69, 9.17) is 5.11 Å². The van der Waals surface area contributed by atoms with Crippen molar-refractivity contribution in [2.24, 2.45) is 0 Å². The van der Waals surface area contributed by atoms with Gasteiger partial charge in [0.2, 0.25) is 0 Å². The third-order valence-electron chi connectivity index (χ3n) is 3.01. The fourth-order valence-corrected chi connectivity index (χ4v) is 2.74. The van der Waals surface area contributed by atoms with E-state index in [1.54, 1.807) is 11.4 Å². The standard InChI is InChI=1S/C15H17NO3S/c17-9-13(6-11-4-2-1-3-5-11)16-8-14-7-12(10-20-14)15(18)19/h1-5,7,10,13,16-17H,6,8-9H2,(H,18,19)/t13-/m1/s1. The van der Waals surface area contributed by atoms with Gasteiger partial charge in [-0.3, -0.25) is 0 Å². The smallest absolute Gasteiger partial charge is 0.336 e. The van der Waals surface area contributed by atoms with Gasteiger partial charge in [0.15, 0.2) is 0 Å². The number of thiophene rings is 1. The Balaban J connectivity index is 1.88. The molecule has 106 valence electrons. The molecule has 0 aliphatic heterocycles. The third-order valence-corrected chi connectivity index (χ3v) is 3.95. The summed E-state index contributed by atoms with van der Waals surface area (Å²) in [7, 11) is 0. The minimum atomic E-state index is -0.907. The van der Waals surface area contributed by atoms with Crippen molar-refractivity contribution in [2.75, 3.05) is 6.61 Å². The van der Waals surface area contributed by atoms with E-state index in [0.29, 0.717) is 12.1 Å². The Kier molecular flexibility index (Phi) is 5.29. The molecule has 20 heavy (non-hydrogen) atoms. The first kappa shape index (κ1) is 14.7. The van der Waals surface area contributed by atoms with Gasteiger partial charge in [-0.15, -0.1) is 11.3 Å². The van der Waals surface area contributed by atoms with Crippen LogP contribution in [0.4, 0.5) is 0 Å². The highest BCUT2D eigenvalue weighted by Gasteiger charge is 2.10. The lowest BCUT2D eigenvalue weighted by molar-refractivity contribution is 0.0697. The van der Waals surface area contributed by atoms with Gasteiger partial charge in [-0.2, -0.15) is 0 Å². The Labute approximate surface area is 121 Å². The van der Waals surface area contributed by atoms with Gasteiger partial charge in [0.25, 0.3) is 0 Å². The molecule has 0 aliphatic rings. The van der Waals surface area contributed by atoms with Crippen LogP contribution in [0, 0.1) is 0 Å². The summed E-state index contributed by atoms with van der Waals surface area (Å²) in [6.45, 7) is 0.613. The minimum Gasteiger partial charge on any atom is -0.478 e. The molecule has 5 heteroatoms. The molecule has 3 N–H and O–H groups in total. The van der Waals surface area contributed by atoms with E-state index in [2.05, 4.69) is 5.32 Å². The van der Waals surface area contributed by atoms with Gasteiger partial charge in [-0.1, -0.05) is 30.3 Å². The van der Waals surface area contributed by atoms with Crippen molar-refractivity contribution in [2.45, 2.75) is 19.0 Å². The average molecular weight is 291 g/mol. The molecule has 2 rings (SSSR count). The summed E-state index contributed by atoms with van der Waals surface area (Å²) in [4.78, 5) is 11.7. The fraction of sp³-hybridized carbons (Fsp3) is 0.267. The number of carboxylic acid groups (broad SMARTS) is 1. The molecule has 1 heterocycles. The molecule has 0 saturated carbocycles. The summed E-state index contributed by atoms with van der Waals surface area (Å²) in [5.74, 6) is -0.907. The lowest BCUT2D eigenvalue weighted by atomic mass is 10.1. The van der Waals surface area contributed by atoms with E-state index in [0.717, 1.165) is 16.9 Å². The number of aliphatic hydroxyl groups excluding tert-OH is 1. The van der Waals surface area contributed by atoms with Crippen LogP contribution in [0.3, 0.4) is 0 Å². The van der Waals surface area contributed by atoms with E-state index in [1.807, 2.05) is 30.3 Å². The van der Waals surface area contributed by atoms with E-state index in [9.17, 15) is 9.90 Å². The van der Waals surface area contributed by atoms with Crippen molar-refractivity contribution in [1.29, 1.82) is 0 Å². The van der Waals surface area contributed by atoms with Crippen LogP contribution in [-0.2, 0) is 13.0 Å². The zero-order valence-corrected chi connectivity index (χ0v) is 11.8. The summed E-state index contributed by atoms with van der Waals surface area (Å²) < 4.78 is 0. The number of aliphatic hydroxyl groups is 1. The Hall–Kier alpha value is -1.69. The monoisotopic (exact) mass is 291 g/mol. The van der Waals surface area contributed by atoms with Crippen LogP contribution >= 0.6 is 11.3 Å². The van der Waals surface area contributed by atoms with E-state index in [1.165, 1.54) is 11.3 Å². The molecule has 0 bridgehead atoms. The molecule has 1 atom stereocenters. The van der Waals surface area contributed by atoms with Crippen molar-refractivity contribution in [1.82, 2.24) is 5.32 Å². The second-order valence-electron chi connectivity index (χ2n) is 4.56. The highest BCUT2D eigenvalue weighted by molar-refractivity contribution is 7.10. The lowest BCUT2D eigenvalue weighted by Crippen LogP contribution is -2.33. The normalized spacial score (nSPS) is 12.2. The number of hydrogen-bond donors (Lipinski definition) is 3. The molecular formula is C15H17NO3S. The molecule has 0 radical (unpaired) electrons. The molecule has 0 fully saturated rings. The molecule has 4 nitrogen and oxygen atoms in total. The van der Waals surface area contributed by atoms with Gasteiger partial charge in [0.05, 0.1) is 12.2 Å². The highest BCUT2D eigenvalue weighted by Crippen LogP contribution is 2.15. The summed E-state index contributed by atoms with van der Waals surface area (Å²) in [6, 6.07) is 11.6. The van der Waals surface area contributed by atoms with Crippen LogP contribution in [0.2, 0.25) is 0 Å². The summed E-state index contributed by atoms with van der Waals surface area (Å²) in [5, 5.41) is 23.2. The molecule has 1 aromatic carbocycles. The van der Waals surface area contributed by atoms with Crippen LogP contribution < -0.4 is 5.32 Å². The van der Waals surface area contributed by atoms with Gasteiger partial charge >= 0.3 is 5.97 Å². The van der Waals surface area contributed by atoms with Crippen LogP contribution in [0.15, 0.2) is 41.8 Å². The van der Waals surface area contributed by atoms with E-state index in [-0.39, 0.29) is 12.6 Å². The van der Waals surface area contributed by atoms with E-state index < -0.39 is 5.97 Å². The molecule has 0 saturated heterocycles. The summed E-state index contributed by atoms with van der Waals surface area (Å²) >= 11 is 1.41.